The Morgan fingerprint density at radius 2 is 1.85 bits per heavy atom. The molecule has 0 atom stereocenters. The van der Waals surface area contributed by atoms with Gasteiger partial charge in [0.25, 0.3) is 6.02 Å². The lowest BCUT2D eigenvalue weighted by molar-refractivity contribution is 0.136. The molecule has 0 saturated heterocycles. The first-order valence-electron chi connectivity index (χ1n) is 5.00. The summed E-state index contributed by atoms with van der Waals surface area (Å²) in [5.74, 6) is 0. The molecule has 2 aliphatic rings. The van der Waals surface area contributed by atoms with Gasteiger partial charge in [0.15, 0.2) is 0 Å². The summed E-state index contributed by atoms with van der Waals surface area (Å²) in [6.07, 6.45) is 4.71. The molecule has 1 heterocycles. The van der Waals surface area contributed by atoms with E-state index in [2.05, 4.69) is 18.8 Å². The van der Waals surface area contributed by atoms with Crippen LogP contribution >= 0.6 is 0 Å². The molecule has 0 unspecified atom stereocenters. The van der Waals surface area contributed by atoms with Gasteiger partial charge in [0.05, 0.1) is 0 Å². The highest BCUT2D eigenvalue weighted by molar-refractivity contribution is 5.73. The first-order valence-corrected chi connectivity index (χ1v) is 5.00. The average Bonchev–Trinajstić information content (AvgIpc) is 2.41. The normalized spacial score (nSPS) is 29.8. The van der Waals surface area contributed by atoms with E-state index < -0.39 is 0 Å². The molecule has 3 heteroatoms. The van der Waals surface area contributed by atoms with Gasteiger partial charge in [-0.05, 0) is 31.1 Å². The Bertz CT molecular complexity index is 235. The third kappa shape index (κ3) is 1.64. The molecule has 1 fully saturated rings. The second-order valence-corrected chi connectivity index (χ2v) is 5.13. The van der Waals surface area contributed by atoms with Crippen LogP contribution in [0.5, 0.6) is 0 Å². The van der Waals surface area contributed by atoms with Crippen molar-refractivity contribution in [2.45, 2.75) is 45.1 Å². The van der Waals surface area contributed by atoms with Crippen LogP contribution in [-0.2, 0) is 4.74 Å². The van der Waals surface area contributed by atoms with Crippen LogP contribution in [0.25, 0.3) is 0 Å². The Morgan fingerprint density at radius 3 is 2.31 bits per heavy atom. The summed E-state index contributed by atoms with van der Waals surface area (Å²) in [6.45, 7) is 5.35. The fourth-order valence-corrected chi connectivity index (χ4v) is 2.15. The van der Waals surface area contributed by atoms with E-state index in [0.29, 0.717) is 18.0 Å². The van der Waals surface area contributed by atoms with Crippen LogP contribution in [0.15, 0.2) is 4.99 Å². The maximum atomic E-state index is 5.54. The molecule has 3 nitrogen and oxygen atoms in total. The van der Waals surface area contributed by atoms with Crippen molar-refractivity contribution in [1.82, 2.24) is 0 Å². The number of aliphatic imine (C=N–C) groups is 1. The zero-order valence-corrected chi connectivity index (χ0v) is 8.47. The Kier molecular flexibility index (Phi) is 1.79. The van der Waals surface area contributed by atoms with E-state index >= 15 is 0 Å². The van der Waals surface area contributed by atoms with Crippen molar-refractivity contribution < 1.29 is 4.74 Å². The summed E-state index contributed by atoms with van der Waals surface area (Å²) < 4.78 is 5.24. The molecule has 74 valence electrons. The molecule has 0 radical (unpaired) electrons. The molecule has 0 aromatic carbocycles. The van der Waals surface area contributed by atoms with E-state index in [1.165, 1.54) is 12.8 Å². The van der Waals surface area contributed by atoms with Crippen molar-refractivity contribution in [3.63, 3.8) is 0 Å². The van der Waals surface area contributed by atoms with E-state index in [4.69, 9.17) is 10.5 Å². The Labute approximate surface area is 79.4 Å². The summed E-state index contributed by atoms with van der Waals surface area (Å²) in [4.78, 5) is 4.42. The van der Waals surface area contributed by atoms with Crippen LogP contribution in [0.1, 0.15) is 39.5 Å². The van der Waals surface area contributed by atoms with Crippen LogP contribution in [0.2, 0.25) is 0 Å². The van der Waals surface area contributed by atoms with Gasteiger partial charge in [-0.1, -0.05) is 13.8 Å². The van der Waals surface area contributed by atoms with Crippen molar-refractivity contribution in [3.8, 4) is 0 Å². The Hall–Kier alpha value is -0.730. The minimum absolute atomic E-state index is 0.0413. The van der Waals surface area contributed by atoms with Gasteiger partial charge in [-0.15, -0.1) is 0 Å². The van der Waals surface area contributed by atoms with Crippen LogP contribution in [0.3, 0.4) is 0 Å². The third-order valence-electron chi connectivity index (χ3n) is 3.37. The summed E-state index contributed by atoms with van der Waals surface area (Å²) in [5.41, 5.74) is 6.06. The Balaban J connectivity index is 2.05. The lowest BCUT2D eigenvalue weighted by Gasteiger charge is -2.38. The molecule has 0 bridgehead atoms. The molecular weight excluding hydrogens is 164 g/mol. The summed E-state index contributed by atoms with van der Waals surface area (Å²) in [6, 6.07) is 0.389. The number of hydrogen-bond acceptors (Lipinski definition) is 3. The van der Waals surface area contributed by atoms with Gasteiger partial charge in [-0.3, -0.25) is 0 Å². The van der Waals surface area contributed by atoms with Crippen LogP contribution in [0, 0.1) is 5.41 Å². The van der Waals surface area contributed by atoms with Crippen molar-refractivity contribution in [1.29, 1.82) is 0 Å². The van der Waals surface area contributed by atoms with Crippen molar-refractivity contribution in [3.05, 3.63) is 0 Å². The molecule has 1 aliphatic carbocycles. The van der Waals surface area contributed by atoms with Crippen LogP contribution < -0.4 is 5.73 Å². The number of ether oxygens (including phenoxy) is 1. The lowest BCUT2D eigenvalue weighted by atomic mass is 9.70. The highest BCUT2D eigenvalue weighted by atomic mass is 16.5. The number of amidine groups is 1. The second-order valence-electron chi connectivity index (χ2n) is 5.13. The van der Waals surface area contributed by atoms with Gasteiger partial charge in [-0.2, -0.15) is 0 Å². The largest absolute Gasteiger partial charge is 0.463 e. The molecule has 1 saturated carbocycles. The van der Waals surface area contributed by atoms with Gasteiger partial charge in [0.2, 0.25) is 0 Å². The minimum Gasteiger partial charge on any atom is -0.463 e. The van der Waals surface area contributed by atoms with Crippen LogP contribution in [0.4, 0.5) is 0 Å². The van der Waals surface area contributed by atoms with Gasteiger partial charge < -0.3 is 10.5 Å². The molecule has 0 aromatic heterocycles. The van der Waals surface area contributed by atoms with Crippen molar-refractivity contribution >= 4 is 6.02 Å². The van der Waals surface area contributed by atoms with Gasteiger partial charge in [-0.25, -0.2) is 4.99 Å². The number of rotatable bonds is 0. The van der Waals surface area contributed by atoms with Crippen LogP contribution in [-0.4, -0.2) is 18.2 Å². The van der Waals surface area contributed by atoms with Gasteiger partial charge in [0, 0.05) is 0 Å². The third-order valence-corrected chi connectivity index (χ3v) is 3.37. The van der Waals surface area contributed by atoms with E-state index in [0.717, 1.165) is 12.8 Å². The topological polar surface area (TPSA) is 47.6 Å². The molecule has 1 aliphatic heterocycles. The lowest BCUT2D eigenvalue weighted by Crippen LogP contribution is -2.36. The number of nitrogens with zero attached hydrogens (tertiary/aromatic N) is 1. The average molecular weight is 182 g/mol. The highest BCUT2D eigenvalue weighted by Gasteiger charge is 2.41. The highest BCUT2D eigenvalue weighted by Crippen LogP contribution is 2.43. The monoisotopic (exact) mass is 182 g/mol. The van der Waals surface area contributed by atoms with Crippen molar-refractivity contribution in [2.24, 2.45) is 16.1 Å². The molecule has 1 spiro atoms. The molecule has 0 amide bonds. The minimum atomic E-state index is 0.0413. The molecule has 2 N–H and O–H groups in total. The van der Waals surface area contributed by atoms with E-state index in [1.807, 2.05) is 0 Å². The summed E-state index contributed by atoms with van der Waals surface area (Å²) >= 11 is 0. The molecule has 2 rings (SSSR count). The predicted octanol–water partition coefficient (Wildman–Crippen LogP) is 1.67. The Morgan fingerprint density at radius 1 is 1.23 bits per heavy atom. The van der Waals surface area contributed by atoms with Crippen molar-refractivity contribution in [2.75, 3.05) is 6.61 Å². The van der Waals surface area contributed by atoms with E-state index in [-0.39, 0.29) is 5.54 Å². The van der Waals surface area contributed by atoms with Gasteiger partial charge >= 0.3 is 0 Å². The SMILES string of the molecule is CC1(C)CCC2(CC1)COC(N)=N2. The first kappa shape index (κ1) is 8.85. The van der Waals surface area contributed by atoms with E-state index in [1.54, 1.807) is 0 Å². The fraction of sp³-hybridized carbons (Fsp3) is 0.900. The second kappa shape index (κ2) is 2.63. The predicted molar refractivity (Wildman–Crippen MR) is 52.6 cm³/mol. The molecule has 13 heavy (non-hydrogen) atoms. The molecule has 0 aromatic rings. The maximum Gasteiger partial charge on any atom is 0.282 e. The maximum absolute atomic E-state index is 5.54. The number of hydrogen-bond donors (Lipinski definition) is 1. The van der Waals surface area contributed by atoms with Gasteiger partial charge in [0.1, 0.15) is 12.1 Å². The first-order chi connectivity index (χ1) is 6.02. The van der Waals surface area contributed by atoms with E-state index in [9.17, 15) is 0 Å². The zero-order chi connectivity index (χ0) is 9.53. The fourth-order valence-electron chi connectivity index (χ4n) is 2.15. The molecular formula is C10H18N2O. The summed E-state index contributed by atoms with van der Waals surface area (Å²) in [7, 11) is 0. The number of nitrogens with two attached hydrogens (primary N) is 1. The zero-order valence-electron chi connectivity index (χ0n) is 8.47. The smallest absolute Gasteiger partial charge is 0.282 e. The summed E-state index contributed by atoms with van der Waals surface area (Å²) in [5, 5.41) is 0. The quantitative estimate of drug-likeness (QED) is 0.619. The standard InChI is InChI=1S/C10H18N2O/c1-9(2)3-5-10(6-4-9)7-13-8(11)12-10/h3-7H2,1-2H3,(H2,11,12).